The van der Waals surface area contributed by atoms with Crippen LogP contribution in [0.1, 0.15) is 5.56 Å². The van der Waals surface area contributed by atoms with Crippen LogP contribution in [0.4, 0.5) is 5.82 Å². The van der Waals surface area contributed by atoms with E-state index in [1.807, 2.05) is 43.4 Å². The number of para-hydroxylation sites is 2. The number of nitrogens with one attached hydrogen (secondary N) is 1. The average molecular weight is 266 g/mol. The number of hydrogen-bond acceptors (Lipinski definition) is 4. The summed E-state index contributed by atoms with van der Waals surface area (Å²) >= 11 is 0. The van der Waals surface area contributed by atoms with Gasteiger partial charge in [0.2, 0.25) is 0 Å². The van der Waals surface area contributed by atoms with Crippen LogP contribution in [0.2, 0.25) is 0 Å². The van der Waals surface area contributed by atoms with Crippen LogP contribution in [0.15, 0.2) is 53.6 Å². The third kappa shape index (κ3) is 2.25. The minimum Gasteiger partial charge on any atom is -0.373 e. The minimum atomic E-state index is -0.105. The molecule has 1 N–H and O–H groups in total. The van der Waals surface area contributed by atoms with E-state index in [2.05, 4.69) is 15.3 Å². The van der Waals surface area contributed by atoms with Crippen LogP contribution < -0.4 is 10.9 Å². The molecule has 0 saturated heterocycles. The maximum atomic E-state index is 12.1. The summed E-state index contributed by atoms with van der Waals surface area (Å²) in [6.45, 7) is 0.499. The molecule has 5 nitrogen and oxygen atoms in total. The number of pyridine rings is 1. The van der Waals surface area contributed by atoms with Crippen LogP contribution >= 0.6 is 0 Å². The van der Waals surface area contributed by atoms with Gasteiger partial charge in [0.05, 0.1) is 23.8 Å². The number of hydrogen-bond donors (Lipinski definition) is 1. The lowest BCUT2D eigenvalue weighted by Crippen LogP contribution is -2.21. The first-order chi connectivity index (χ1) is 9.78. The highest BCUT2D eigenvalue weighted by atomic mass is 16.1. The summed E-state index contributed by atoms with van der Waals surface area (Å²) in [4.78, 5) is 20.4. The molecule has 0 atom stereocenters. The smallest absolute Gasteiger partial charge is 0.269 e. The van der Waals surface area contributed by atoms with E-state index in [0.29, 0.717) is 6.54 Å². The van der Waals surface area contributed by atoms with Crippen molar-refractivity contribution in [3.05, 3.63) is 64.7 Å². The maximum Gasteiger partial charge on any atom is 0.269 e. The molecule has 0 saturated carbocycles. The first-order valence-electron chi connectivity index (χ1n) is 6.35. The average Bonchev–Trinajstić information content (AvgIpc) is 2.50. The van der Waals surface area contributed by atoms with E-state index in [9.17, 15) is 4.79 Å². The van der Waals surface area contributed by atoms with Crippen molar-refractivity contribution in [2.75, 3.05) is 12.4 Å². The van der Waals surface area contributed by atoms with Crippen LogP contribution in [0.3, 0.4) is 0 Å². The van der Waals surface area contributed by atoms with E-state index in [1.165, 1.54) is 6.20 Å². The quantitative estimate of drug-likeness (QED) is 0.786. The molecule has 20 heavy (non-hydrogen) atoms. The Labute approximate surface area is 115 Å². The molecule has 3 aromatic rings. The van der Waals surface area contributed by atoms with E-state index in [-0.39, 0.29) is 5.56 Å². The van der Waals surface area contributed by atoms with Crippen molar-refractivity contribution in [2.45, 2.75) is 6.54 Å². The number of fused-ring (bicyclic) bond motifs is 1. The van der Waals surface area contributed by atoms with Gasteiger partial charge in [0, 0.05) is 13.2 Å². The molecule has 0 unspecified atom stereocenters. The van der Waals surface area contributed by atoms with Crippen molar-refractivity contribution in [3.8, 4) is 0 Å². The highest BCUT2D eigenvalue weighted by molar-refractivity contribution is 5.74. The van der Waals surface area contributed by atoms with Crippen molar-refractivity contribution >= 4 is 16.9 Å². The fraction of sp³-hybridized carbons (Fsp3) is 0.133. The molecule has 0 amide bonds. The topological polar surface area (TPSA) is 59.8 Å². The Morgan fingerprint density at radius 3 is 2.90 bits per heavy atom. The van der Waals surface area contributed by atoms with Gasteiger partial charge in [-0.2, -0.15) is 0 Å². The Bertz CT molecular complexity index is 810. The van der Waals surface area contributed by atoms with Crippen molar-refractivity contribution < 1.29 is 0 Å². The predicted octanol–water partition coefficient (Wildman–Crippen LogP) is 1.88. The van der Waals surface area contributed by atoms with E-state index < -0.39 is 0 Å². The normalized spacial score (nSPS) is 10.7. The monoisotopic (exact) mass is 266 g/mol. The third-order valence-corrected chi connectivity index (χ3v) is 3.17. The molecule has 0 spiro atoms. The Morgan fingerprint density at radius 1 is 1.20 bits per heavy atom. The van der Waals surface area contributed by atoms with Crippen LogP contribution in [-0.4, -0.2) is 21.6 Å². The van der Waals surface area contributed by atoms with Gasteiger partial charge in [-0.25, -0.2) is 9.97 Å². The predicted molar refractivity (Wildman–Crippen MR) is 78.9 cm³/mol. The van der Waals surface area contributed by atoms with Crippen LogP contribution in [0.25, 0.3) is 11.0 Å². The first-order valence-corrected chi connectivity index (χ1v) is 6.35. The second-order valence-electron chi connectivity index (χ2n) is 4.47. The summed E-state index contributed by atoms with van der Waals surface area (Å²) in [6, 6.07) is 11.5. The van der Waals surface area contributed by atoms with Crippen LogP contribution in [0.5, 0.6) is 0 Å². The molecule has 0 radical (unpaired) electrons. The summed E-state index contributed by atoms with van der Waals surface area (Å²) in [7, 11) is 1.82. The van der Waals surface area contributed by atoms with E-state index in [1.54, 1.807) is 10.8 Å². The van der Waals surface area contributed by atoms with E-state index in [0.717, 1.165) is 22.4 Å². The Hall–Kier alpha value is -2.69. The molecular weight excluding hydrogens is 252 g/mol. The molecule has 0 bridgehead atoms. The van der Waals surface area contributed by atoms with Gasteiger partial charge < -0.3 is 9.88 Å². The lowest BCUT2D eigenvalue weighted by Gasteiger charge is -2.10. The SMILES string of the molecule is CNc1cc(Cn2c(=O)cnc3ccccc32)ccn1. The molecule has 5 heteroatoms. The molecule has 1 aromatic carbocycles. The summed E-state index contributed by atoms with van der Waals surface area (Å²) in [6.07, 6.45) is 3.10. The molecule has 0 aliphatic carbocycles. The maximum absolute atomic E-state index is 12.1. The minimum absolute atomic E-state index is 0.105. The van der Waals surface area contributed by atoms with Gasteiger partial charge in [-0.3, -0.25) is 4.79 Å². The van der Waals surface area contributed by atoms with Crippen molar-refractivity contribution in [3.63, 3.8) is 0 Å². The number of nitrogens with zero attached hydrogens (tertiary/aromatic N) is 3. The van der Waals surface area contributed by atoms with Crippen molar-refractivity contribution in [1.82, 2.24) is 14.5 Å². The summed E-state index contributed by atoms with van der Waals surface area (Å²) in [5.74, 6) is 0.786. The highest BCUT2D eigenvalue weighted by Gasteiger charge is 2.05. The lowest BCUT2D eigenvalue weighted by molar-refractivity contribution is 0.785. The van der Waals surface area contributed by atoms with Gasteiger partial charge in [0.1, 0.15) is 5.82 Å². The van der Waals surface area contributed by atoms with Crippen molar-refractivity contribution in [1.29, 1.82) is 0 Å². The van der Waals surface area contributed by atoms with Crippen molar-refractivity contribution in [2.24, 2.45) is 0 Å². The summed E-state index contributed by atoms with van der Waals surface area (Å²) in [5, 5.41) is 2.99. The molecule has 3 rings (SSSR count). The fourth-order valence-corrected chi connectivity index (χ4v) is 2.17. The fourth-order valence-electron chi connectivity index (χ4n) is 2.17. The second-order valence-corrected chi connectivity index (χ2v) is 4.47. The molecule has 2 heterocycles. The molecule has 100 valence electrons. The highest BCUT2D eigenvalue weighted by Crippen LogP contribution is 2.12. The van der Waals surface area contributed by atoms with Gasteiger partial charge >= 0.3 is 0 Å². The number of benzene rings is 1. The van der Waals surface area contributed by atoms with Gasteiger partial charge in [-0.15, -0.1) is 0 Å². The summed E-state index contributed by atoms with van der Waals surface area (Å²) < 4.78 is 1.72. The van der Waals surface area contributed by atoms with Crippen LogP contribution in [-0.2, 0) is 6.54 Å². The number of rotatable bonds is 3. The summed E-state index contributed by atoms with van der Waals surface area (Å²) in [5.41, 5.74) is 2.56. The molecule has 0 fully saturated rings. The first kappa shape index (κ1) is 12.3. The number of aromatic nitrogens is 3. The zero-order valence-corrected chi connectivity index (χ0v) is 11.1. The Balaban J connectivity index is 2.10. The third-order valence-electron chi connectivity index (χ3n) is 3.17. The standard InChI is InChI=1S/C15H14N4O/c1-16-14-8-11(6-7-17-14)10-19-13-5-3-2-4-12(13)18-9-15(19)20/h2-9H,10H2,1H3,(H,16,17). The molecule has 0 aliphatic rings. The van der Waals surface area contributed by atoms with E-state index >= 15 is 0 Å². The van der Waals surface area contributed by atoms with Crippen LogP contribution in [0, 0.1) is 0 Å². The largest absolute Gasteiger partial charge is 0.373 e. The molecule has 0 aliphatic heterocycles. The Kier molecular flexibility index (Phi) is 3.16. The molecule has 2 aromatic heterocycles. The van der Waals surface area contributed by atoms with Gasteiger partial charge in [0.25, 0.3) is 5.56 Å². The second kappa shape index (κ2) is 5.13. The zero-order valence-electron chi connectivity index (χ0n) is 11.1. The molecular formula is C15H14N4O. The number of anilines is 1. The Morgan fingerprint density at radius 2 is 2.05 bits per heavy atom. The lowest BCUT2D eigenvalue weighted by atomic mass is 10.2. The van der Waals surface area contributed by atoms with Gasteiger partial charge in [-0.1, -0.05) is 12.1 Å². The van der Waals surface area contributed by atoms with E-state index in [4.69, 9.17) is 0 Å². The van der Waals surface area contributed by atoms with Gasteiger partial charge in [0.15, 0.2) is 0 Å². The van der Waals surface area contributed by atoms with Gasteiger partial charge in [-0.05, 0) is 29.8 Å². The zero-order chi connectivity index (χ0) is 13.9.